The van der Waals surface area contributed by atoms with E-state index in [1.54, 1.807) is 17.0 Å². The summed E-state index contributed by atoms with van der Waals surface area (Å²) in [7, 11) is 0. The highest BCUT2D eigenvalue weighted by molar-refractivity contribution is 7.25. The van der Waals surface area contributed by atoms with Crippen molar-refractivity contribution in [3.05, 3.63) is 28.6 Å². The molecule has 0 amide bonds. The fourth-order valence-corrected chi connectivity index (χ4v) is 3.30. The molecule has 0 saturated carbocycles. The van der Waals surface area contributed by atoms with Crippen LogP contribution >= 0.6 is 11.3 Å². The molecule has 4 rings (SSSR count). The van der Waals surface area contributed by atoms with E-state index in [0.717, 1.165) is 41.1 Å². The molecule has 0 N–H and O–H groups in total. The Morgan fingerprint density at radius 3 is 3.06 bits per heavy atom. The number of rotatable bonds is 0. The number of fused-ring (bicyclic) bond motifs is 4. The molecule has 17 heavy (non-hydrogen) atoms. The van der Waals surface area contributed by atoms with Crippen molar-refractivity contribution >= 4 is 31.9 Å². The van der Waals surface area contributed by atoms with Gasteiger partial charge in [0.05, 0.1) is 0 Å². The first-order valence-corrected chi connectivity index (χ1v) is 6.29. The van der Waals surface area contributed by atoms with Crippen LogP contribution in [0.1, 0.15) is 12.2 Å². The Labute approximate surface area is 99.8 Å². The van der Waals surface area contributed by atoms with Crippen LogP contribution in [0.4, 0.5) is 0 Å². The zero-order valence-corrected chi connectivity index (χ0v) is 9.70. The Balaban J connectivity index is 2.28. The lowest BCUT2D eigenvalue weighted by molar-refractivity contribution is 0.720. The lowest BCUT2D eigenvalue weighted by atomic mass is 10.3. The predicted octanol–water partition coefficient (Wildman–Crippen LogP) is 1.35. The summed E-state index contributed by atoms with van der Waals surface area (Å²) in [6.45, 7) is 0.784. The largest absolute Gasteiger partial charge is 0.295 e. The molecule has 0 fully saturated rings. The Hall–Kier alpha value is -1.82. The van der Waals surface area contributed by atoms with Crippen molar-refractivity contribution in [3.63, 3.8) is 0 Å². The second kappa shape index (κ2) is 3.10. The third-order valence-electron chi connectivity index (χ3n) is 3.08. The molecule has 0 aliphatic carbocycles. The lowest BCUT2D eigenvalue weighted by Crippen LogP contribution is -2.19. The first-order valence-electron chi connectivity index (χ1n) is 5.47. The monoisotopic (exact) mass is 244 g/mol. The quantitative estimate of drug-likeness (QED) is 0.599. The predicted molar refractivity (Wildman–Crippen MR) is 65.3 cm³/mol. The smallest absolute Gasteiger partial charge is 0.271 e. The van der Waals surface area contributed by atoms with Crippen LogP contribution in [0.2, 0.25) is 0 Å². The topological polar surface area (TPSA) is 60.7 Å². The number of thiophene rings is 1. The van der Waals surface area contributed by atoms with Gasteiger partial charge in [0.15, 0.2) is 0 Å². The highest BCUT2D eigenvalue weighted by Crippen LogP contribution is 2.28. The van der Waals surface area contributed by atoms with E-state index < -0.39 is 0 Å². The molecule has 0 aromatic carbocycles. The van der Waals surface area contributed by atoms with E-state index in [1.165, 1.54) is 11.3 Å². The van der Waals surface area contributed by atoms with E-state index in [2.05, 4.69) is 15.0 Å². The number of hydrogen-bond donors (Lipinski definition) is 0. The highest BCUT2D eigenvalue weighted by Gasteiger charge is 2.19. The van der Waals surface area contributed by atoms with Crippen LogP contribution in [0.5, 0.6) is 0 Å². The van der Waals surface area contributed by atoms with Crippen LogP contribution in [-0.2, 0) is 13.0 Å². The summed E-state index contributed by atoms with van der Waals surface area (Å²) in [5.74, 6) is 0.882. The third-order valence-corrected chi connectivity index (χ3v) is 4.14. The Morgan fingerprint density at radius 1 is 1.24 bits per heavy atom. The summed E-state index contributed by atoms with van der Waals surface area (Å²) >= 11 is 1.38. The number of aromatic nitrogens is 4. The normalized spacial score (nSPS) is 14.6. The molecular weight excluding hydrogens is 236 g/mol. The number of aryl methyl sites for hydroxylation is 1. The Kier molecular flexibility index (Phi) is 1.69. The molecule has 0 saturated heterocycles. The molecule has 4 heterocycles. The summed E-state index contributed by atoms with van der Waals surface area (Å²) in [5.41, 5.74) is 1.53. The van der Waals surface area contributed by atoms with Gasteiger partial charge in [0.25, 0.3) is 5.56 Å². The van der Waals surface area contributed by atoms with Crippen molar-refractivity contribution in [1.82, 2.24) is 19.5 Å². The van der Waals surface area contributed by atoms with Gasteiger partial charge in [0.2, 0.25) is 0 Å². The molecule has 0 atom stereocenters. The van der Waals surface area contributed by atoms with Gasteiger partial charge < -0.3 is 0 Å². The first kappa shape index (κ1) is 9.23. The molecule has 0 bridgehead atoms. The van der Waals surface area contributed by atoms with Crippen LogP contribution in [0.3, 0.4) is 0 Å². The molecule has 1 aliphatic rings. The maximum Gasteiger partial charge on any atom is 0.271 e. The van der Waals surface area contributed by atoms with E-state index in [4.69, 9.17) is 0 Å². The molecule has 0 radical (unpaired) electrons. The molecule has 0 spiro atoms. The van der Waals surface area contributed by atoms with Crippen molar-refractivity contribution in [1.29, 1.82) is 0 Å². The molecule has 6 heteroatoms. The van der Waals surface area contributed by atoms with E-state index in [0.29, 0.717) is 4.70 Å². The van der Waals surface area contributed by atoms with Crippen LogP contribution in [0.15, 0.2) is 17.2 Å². The van der Waals surface area contributed by atoms with Crippen LogP contribution in [-0.4, -0.2) is 19.5 Å². The summed E-state index contributed by atoms with van der Waals surface area (Å²) in [4.78, 5) is 26.1. The average Bonchev–Trinajstić information content (AvgIpc) is 2.94. The number of nitrogens with zero attached hydrogens (tertiary/aromatic N) is 4. The standard InChI is InChI=1S/C11H8N4OS/c16-11-9-7(14-6-2-1-5-15(6)11)8-10(17-9)13-4-3-12-8/h3-4H,1-2,5H2. The fourth-order valence-electron chi connectivity index (χ4n) is 2.31. The van der Waals surface area contributed by atoms with Gasteiger partial charge in [-0.1, -0.05) is 0 Å². The SMILES string of the molecule is O=c1c2sc3nccnc3c2nc2n1CCC2. The Bertz CT molecular complexity index is 804. The fraction of sp³-hybridized carbons (Fsp3) is 0.273. The van der Waals surface area contributed by atoms with Gasteiger partial charge in [0, 0.05) is 25.4 Å². The summed E-state index contributed by atoms with van der Waals surface area (Å²) in [5, 5.41) is 0. The second-order valence-corrected chi connectivity index (χ2v) is 5.08. The minimum atomic E-state index is 0.0623. The molecule has 3 aromatic heterocycles. The maximum atomic E-state index is 12.3. The Morgan fingerprint density at radius 2 is 2.12 bits per heavy atom. The van der Waals surface area contributed by atoms with Gasteiger partial charge in [-0.2, -0.15) is 0 Å². The van der Waals surface area contributed by atoms with E-state index >= 15 is 0 Å². The molecular formula is C11H8N4OS. The van der Waals surface area contributed by atoms with Gasteiger partial charge in [-0.25, -0.2) is 15.0 Å². The van der Waals surface area contributed by atoms with Crippen LogP contribution in [0.25, 0.3) is 20.6 Å². The third kappa shape index (κ3) is 1.13. The van der Waals surface area contributed by atoms with Gasteiger partial charge in [-0.05, 0) is 6.42 Å². The van der Waals surface area contributed by atoms with Crippen molar-refractivity contribution in [2.75, 3.05) is 0 Å². The van der Waals surface area contributed by atoms with Crippen LogP contribution < -0.4 is 5.56 Å². The first-order chi connectivity index (χ1) is 8.34. The zero-order chi connectivity index (χ0) is 11.4. The molecule has 3 aromatic rings. The van der Waals surface area contributed by atoms with E-state index in [-0.39, 0.29) is 5.56 Å². The minimum absolute atomic E-state index is 0.0623. The van der Waals surface area contributed by atoms with Gasteiger partial charge in [-0.3, -0.25) is 9.36 Å². The van der Waals surface area contributed by atoms with Crippen LogP contribution in [0, 0.1) is 0 Å². The van der Waals surface area contributed by atoms with Crippen molar-refractivity contribution in [2.24, 2.45) is 0 Å². The van der Waals surface area contributed by atoms with E-state index in [1.807, 2.05) is 0 Å². The molecule has 0 unspecified atom stereocenters. The summed E-state index contributed by atoms with van der Waals surface area (Å²) < 4.78 is 2.45. The maximum absolute atomic E-state index is 12.3. The summed E-state index contributed by atoms with van der Waals surface area (Å²) in [6.07, 6.45) is 5.16. The lowest BCUT2D eigenvalue weighted by Gasteiger charge is -2.00. The molecule has 5 nitrogen and oxygen atoms in total. The van der Waals surface area contributed by atoms with Crippen molar-refractivity contribution < 1.29 is 0 Å². The summed E-state index contributed by atoms with van der Waals surface area (Å²) in [6, 6.07) is 0. The molecule has 1 aliphatic heterocycles. The van der Waals surface area contributed by atoms with Crippen molar-refractivity contribution in [3.8, 4) is 0 Å². The van der Waals surface area contributed by atoms with Gasteiger partial charge in [0.1, 0.15) is 26.4 Å². The van der Waals surface area contributed by atoms with Crippen molar-refractivity contribution in [2.45, 2.75) is 19.4 Å². The highest BCUT2D eigenvalue weighted by atomic mass is 32.1. The number of hydrogen-bond acceptors (Lipinski definition) is 5. The zero-order valence-electron chi connectivity index (χ0n) is 8.88. The van der Waals surface area contributed by atoms with Gasteiger partial charge >= 0.3 is 0 Å². The van der Waals surface area contributed by atoms with E-state index in [9.17, 15) is 4.79 Å². The minimum Gasteiger partial charge on any atom is -0.295 e. The molecule has 84 valence electrons. The average molecular weight is 244 g/mol. The van der Waals surface area contributed by atoms with Gasteiger partial charge in [-0.15, -0.1) is 11.3 Å². The second-order valence-electron chi connectivity index (χ2n) is 4.08.